The van der Waals surface area contributed by atoms with Crippen LogP contribution in [0.25, 0.3) is 11.0 Å². The molecule has 0 aliphatic heterocycles. The van der Waals surface area contributed by atoms with E-state index in [9.17, 15) is 14.7 Å². The minimum Gasteiger partial charge on any atom is -0.491 e. The van der Waals surface area contributed by atoms with Crippen molar-refractivity contribution in [3.8, 4) is 5.75 Å². The molecule has 0 aliphatic rings. The van der Waals surface area contributed by atoms with Gasteiger partial charge in [-0.1, -0.05) is 12.1 Å². The van der Waals surface area contributed by atoms with E-state index >= 15 is 0 Å². The molecular weight excluding hydrogens is 320 g/mol. The molecule has 0 bridgehead atoms. The summed E-state index contributed by atoms with van der Waals surface area (Å²) in [5, 5.41) is 10.3. The molecule has 3 rings (SSSR count). The van der Waals surface area contributed by atoms with Crippen LogP contribution in [-0.4, -0.2) is 32.7 Å². The van der Waals surface area contributed by atoms with Crippen LogP contribution in [0.2, 0.25) is 0 Å². The van der Waals surface area contributed by atoms with Crippen molar-refractivity contribution in [3.05, 3.63) is 64.6 Å². The molecule has 1 atom stereocenters. The minimum atomic E-state index is -0.837. The topological polar surface area (TPSA) is 73.5 Å². The summed E-state index contributed by atoms with van der Waals surface area (Å²) in [5.41, 5.74) is 2.03. The first-order valence-corrected chi connectivity index (χ1v) is 8.03. The number of hydrogen-bond donors (Lipinski definition) is 1. The highest BCUT2D eigenvalue weighted by Crippen LogP contribution is 2.14. The molecule has 0 saturated carbocycles. The third-order valence-corrected chi connectivity index (χ3v) is 4.15. The number of aryl methyl sites for hydroxylation is 1. The highest BCUT2D eigenvalue weighted by molar-refractivity contribution is 5.94. The average molecular weight is 340 g/mol. The summed E-state index contributed by atoms with van der Waals surface area (Å²) < 4.78 is 8.65. The molecule has 0 aliphatic carbocycles. The maximum Gasteiger partial charge on any atom is 0.328 e. The molecule has 2 aromatic carbocycles. The standard InChI is InChI=1S/C19H20N2O4/c1-13(22)14-7-9-16(10-8-14)25-12-15(23)11-21-18-6-4-3-5-17(18)20(2)19(21)24/h3-10,15,23H,11-12H2,1-2H3/t15-/m0/s1. The number of carbonyl (C=O) groups is 1. The van der Waals surface area contributed by atoms with Gasteiger partial charge in [0.15, 0.2) is 5.78 Å². The highest BCUT2D eigenvalue weighted by Gasteiger charge is 2.14. The van der Waals surface area contributed by atoms with Gasteiger partial charge in [-0.15, -0.1) is 0 Å². The number of imidazole rings is 1. The fraction of sp³-hybridized carbons (Fsp3) is 0.263. The largest absolute Gasteiger partial charge is 0.491 e. The number of hydrogen-bond acceptors (Lipinski definition) is 4. The molecule has 1 N–H and O–H groups in total. The summed E-state index contributed by atoms with van der Waals surface area (Å²) >= 11 is 0. The van der Waals surface area contributed by atoms with Crippen molar-refractivity contribution < 1.29 is 14.6 Å². The number of aliphatic hydroxyl groups is 1. The minimum absolute atomic E-state index is 0.0121. The molecule has 6 nitrogen and oxygen atoms in total. The van der Waals surface area contributed by atoms with Gasteiger partial charge in [-0.25, -0.2) is 4.79 Å². The third-order valence-electron chi connectivity index (χ3n) is 4.15. The van der Waals surface area contributed by atoms with Crippen LogP contribution < -0.4 is 10.4 Å². The third kappa shape index (κ3) is 3.49. The van der Waals surface area contributed by atoms with E-state index in [2.05, 4.69) is 0 Å². The van der Waals surface area contributed by atoms with Crippen LogP contribution in [0.4, 0.5) is 0 Å². The molecule has 25 heavy (non-hydrogen) atoms. The van der Waals surface area contributed by atoms with Crippen molar-refractivity contribution >= 4 is 16.8 Å². The Morgan fingerprint density at radius 2 is 1.76 bits per heavy atom. The lowest BCUT2D eigenvalue weighted by Crippen LogP contribution is -2.30. The molecule has 1 heterocycles. The second kappa shape index (κ2) is 6.94. The van der Waals surface area contributed by atoms with E-state index in [1.807, 2.05) is 24.3 Å². The van der Waals surface area contributed by atoms with Gasteiger partial charge < -0.3 is 9.84 Å². The molecule has 1 aromatic heterocycles. The maximum absolute atomic E-state index is 12.3. The van der Waals surface area contributed by atoms with Gasteiger partial charge in [0.25, 0.3) is 0 Å². The number of fused-ring (bicyclic) bond motifs is 1. The number of Topliss-reactive ketones (excluding diaryl/α,β-unsaturated/α-hetero) is 1. The van der Waals surface area contributed by atoms with Gasteiger partial charge in [0.1, 0.15) is 18.5 Å². The fourth-order valence-corrected chi connectivity index (χ4v) is 2.78. The summed E-state index contributed by atoms with van der Waals surface area (Å²) in [7, 11) is 1.71. The molecule has 6 heteroatoms. The number of rotatable bonds is 6. The number of ether oxygens (including phenoxy) is 1. The average Bonchev–Trinajstić information content (AvgIpc) is 2.85. The van der Waals surface area contributed by atoms with Crippen molar-refractivity contribution in [1.29, 1.82) is 0 Å². The molecule has 0 radical (unpaired) electrons. The summed E-state index contributed by atoms with van der Waals surface area (Å²) in [4.78, 5) is 23.6. The fourth-order valence-electron chi connectivity index (χ4n) is 2.78. The first-order valence-electron chi connectivity index (χ1n) is 8.03. The predicted octanol–water partition coefficient (Wildman–Crippen LogP) is 1.98. The molecule has 0 spiro atoms. The van der Waals surface area contributed by atoms with Crippen LogP contribution in [0.5, 0.6) is 5.75 Å². The second-order valence-corrected chi connectivity index (χ2v) is 5.99. The first-order chi connectivity index (χ1) is 12.0. The Morgan fingerprint density at radius 1 is 1.12 bits per heavy atom. The Morgan fingerprint density at radius 3 is 2.40 bits per heavy atom. The van der Waals surface area contributed by atoms with Crippen LogP contribution in [0.3, 0.4) is 0 Å². The Hall–Kier alpha value is -2.86. The van der Waals surface area contributed by atoms with Gasteiger partial charge in [0, 0.05) is 12.6 Å². The van der Waals surface area contributed by atoms with Crippen LogP contribution >= 0.6 is 0 Å². The maximum atomic E-state index is 12.3. The number of carbonyl (C=O) groups excluding carboxylic acids is 1. The Balaban J connectivity index is 1.69. The second-order valence-electron chi connectivity index (χ2n) is 5.99. The molecule has 0 fully saturated rings. The monoisotopic (exact) mass is 340 g/mol. The number of ketones is 1. The number of aliphatic hydroxyl groups excluding tert-OH is 1. The quantitative estimate of drug-likeness (QED) is 0.697. The van der Waals surface area contributed by atoms with Gasteiger partial charge in [-0.05, 0) is 43.3 Å². The van der Waals surface area contributed by atoms with Crippen molar-refractivity contribution in [3.63, 3.8) is 0 Å². The smallest absolute Gasteiger partial charge is 0.328 e. The lowest BCUT2D eigenvalue weighted by Gasteiger charge is -2.13. The molecule has 130 valence electrons. The van der Waals surface area contributed by atoms with Crippen molar-refractivity contribution in [2.75, 3.05) is 6.61 Å². The lowest BCUT2D eigenvalue weighted by molar-refractivity contribution is 0.0924. The molecular formula is C19H20N2O4. The summed E-state index contributed by atoms with van der Waals surface area (Å²) in [6, 6.07) is 14.2. The van der Waals surface area contributed by atoms with Gasteiger partial charge in [-0.3, -0.25) is 13.9 Å². The first kappa shape index (κ1) is 17.0. The van der Waals surface area contributed by atoms with E-state index in [0.717, 1.165) is 11.0 Å². The normalized spacial score (nSPS) is 12.3. The van der Waals surface area contributed by atoms with E-state index in [-0.39, 0.29) is 24.6 Å². The number of aromatic nitrogens is 2. The SMILES string of the molecule is CC(=O)c1ccc(OC[C@@H](O)Cn2c(=O)n(C)c3ccccc32)cc1. The Labute approximate surface area is 144 Å². The zero-order chi connectivity index (χ0) is 18.0. The van der Waals surface area contributed by atoms with Crippen LogP contribution in [-0.2, 0) is 13.6 Å². The van der Waals surface area contributed by atoms with E-state index < -0.39 is 6.10 Å². The highest BCUT2D eigenvalue weighted by atomic mass is 16.5. The van der Waals surface area contributed by atoms with Gasteiger partial charge in [0.05, 0.1) is 17.6 Å². The van der Waals surface area contributed by atoms with E-state index in [4.69, 9.17) is 4.74 Å². The van der Waals surface area contributed by atoms with Gasteiger partial charge >= 0.3 is 5.69 Å². The number of nitrogens with zero attached hydrogens (tertiary/aromatic N) is 2. The van der Waals surface area contributed by atoms with E-state index in [1.165, 1.54) is 6.92 Å². The van der Waals surface area contributed by atoms with Crippen molar-refractivity contribution in [2.24, 2.45) is 7.05 Å². The van der Waals surface area contributed by atoms with Gasteiger partial charge in [-0.2, -0.15) is 0 Å². The lowest BCUT2D eigenvalue weighted by atomic mass is 10.1. The van der Waals surface area contributed by atoms with Crippen LogP contribution in [0.15, 0.2) is 53.3 Å². The molecule has 3 aromatic rings. The molecule has 0 amide bonds. The van der Waals surface area contributed by atoms with Crippen LogP contribution in [0.1, 0.15) is 17.3 Å². The summed E-state index contributed by atoms with van der Waals surface area (Å²) in [6.45, 7) is 1.70. The van der Waals surface area contributed by atoms with Crippen molar-refractivity contribution in [2.45, 2.75) is 19.6 Å². The number of para-hydroxylation sites is 2. The van der Waals surface area contributed by atoms with E-state index in [0.29, 0.717) is 11.3 Å². The Kier molecular flexibility index (Phi) is 4.72. The summed E-state index contributed by atoms with van der Waals surface area (Å²) in [5.74, 6) is 0.552. The van der Waals surface area contributed by atoms with Crippen LogP contribution in [0, 0.1) is 0 Å². The summed E-state index contributed by atoms with van der Waals surface area (Å²) in [6.07, 6.45) is -0.837. The Bertz CT molecular complexity index is 954. The van der Waals surface area contributed by atoms with Crippen molar-refractivity contribution in [1.82, 2.24) is 9.13 Å². The molecule has 0 unspecified atom stereocenters. The number of benzene rings is 2. The molecule has 0 saturated heterocycles. The van der Waals surface area contributed by atoms with Gasteiger partial charge in [0.2, 0.25) is 0 Å². The zero-order valence-corrected chi connectivity index (χ0v) is 14.2. The van der Waals surface area contributed by atoms with E-state index in [1.54, 1.807) is 40.4 Å². The predicted molar refractivity (Wildman–Crippen MR) is 95.1 cm³/mol. The zero-order valence-electron chi connectivity index (χ0n) is 14.2.